The van der Waals surface area contributed by atoms with Crippen molar-refractivity contribution in [3.63, 3.8) is 0 Å². The van der Waals surface area contributed by atoms with Gasteiger partial charge in [-0.15, -0.1) is 0 Å². The van der Waals surface area contributed by atoms with Crippen molar-refractivity contribution in [2.24, 2.45) is 0 Å². The van der Waals surface area contributed by atoms with Gasteiger partial charge < -0.3 is 5.32 Å². The number of amides is 1. The van der Waals surface area contributed by atoms with Gasteiger partial charge in [-0.25, -0.2) is 4.39 Å². The second kappa shape index (κ2) is 6.21. The van der Waals surface area contributed by atoms with E-state index in [9.17, 15) is 9.18 Å². The van der Waals surface area contributed by atoms with Crippen molar-refractivity contribution >= 4 is 21.8 Å². The third-order valence-corrected chi connectivity index (χ3v) is 4.83. The van der Waals surface area contributed by atoms with Crippen LogP contribution in [0.4, 0.5) is 4.39 Å². The molecule has 2 aromatic carbocycles. The third-order valence-electron chi connectivity index (χ3n) is 4.05. The van der Waals surface area contributed by atoms with Gasteiger partial charge in [0.15, 0.2) is 0 Å². The molecule has 1 amide bonds. The second-order valence-electron chi connectivity index (χ2n) is 5.86. The Kier molecular flexibility index (Phi) is 4.30. The molecule has 0 heterocycles. The number of hydrogen-bond donors (Lipinski definition) is 1. The Balaban J connectivity index is 1.64. The first-order chi connectivity index (χ1) is 10.6. The first-order valence-corrected chi connectivity index (χ1v) is 8.15. The number of hydrogen-bond acceptors (Lipinski definition) is 1. The average molecular weight is 362 g/mol. The molecule has 4 heteroatoms. The molecule has 114 valence electrons. The highest BCUT2D eigenvalue weighted by Gasteiger charge is 2.44. The van der Waals surface area contributed by atoms with Gasteiger partial charge in [0.05, 0.1) is 6.42 Å². The predicted molar refractivity (Wildman–Crippen MR) is 88.1 cm³/mol. The summed E-state index contributed by atoms with van der Waals surface area (Å²) in [5.74, 6) is -0.442. The SMILES string of the molecule is O=C(Cc1ccccc1F)NC1(Cc2ccccc2Br)CC1. The Labute approximate surface area is 137 Å². The Morgan fingerprint density at radius 1 is 1.09 bits per heavy atom. The summed E-state index contributed by atoms with van der Waals surface area (Å²) in [5.41, 5.74) is 1.47. The van der Waals surface area contributed by atoms with E-state index in [0.717, 1.165) is 23.7 Å². The molecule has 0 bridgehead atoms. The smallest absolute Gasteiger partial charge is 0.224 e. The standard InChI is InChI=1S/C18H17BrFNO/c19-15-7-3-1-6-14(15)12-18(9-10-18)21-17(22)11-13-5-2-4-8-16(13)20/h1-8H,9-12H2,(H,21,22). The number of rotatable bonds is 5. The van der Waals surface area contributed by atoms with Crippen LogP contribution in [0, 0.1) is 5.82 Å². The molecular formula is C18H17BrFNO. The highest BCUT2D eigenvalue weighted by Crippen LogP contribution is 2.40. The summed E-state index contributed by atoms with van der Waals surface area (Å²) in [7, 11) is 0. The van der Waals surface area contributed by atoms with Crippen LogP contribution in [0.15, 0.2) is 53.0 Å². The van der Waals surface area contributed by atoms with Crippen LogP contribution in [0.3, 0.4) is 0 Å². The first kappa shape index (κ1) is 15.2. The summed E-state index contributed by atoms with van der Waals surface area (Å²) in [6.45, 7) is 0. The molecule has 1 aliphatic rings. The van der Waals surface area contributed by atoms with Crippen molar-refractivity contribution in [1.29, 1.82) is 0 Å². The van der Waals surface area contributed by atoms with Gasteiger partial charge in [0, 0.05) is 10.0 Å². The van der Waals surface area contributed by atoms with Crippen LogP contribution in [0.1, 0.15) is 24.0 Å². The quantitative estimate of drug-likeness (QED) is 0.855. The van der Waals surface area contributed by atoms with Gasteiger partial charge in [-0.05, 0) is 42.5 Å². The normalized spacial score (nSPS) is 15.4. The van der Waals surface area contributed by atoms with E-state index in [-0.39, 0.29) is 23.7 Å². The Bertz CT molecular complexity index is 697. The van der Waals surface area contributed by atoms with Crippen LogP contribution in [-0.4, -0.2) is 11.4 Å². The molecule has 0 atom stereocenters. The van der Waals surface area contributed by atoms with Crippen LogP contribution in [0.5, 0.6) is 0 Å². The monoisotopic (exact) mass is 361 g/mol. The molecule has 0 aliphatic heterocycles. The van der Waals surface area contributed by atoms with Gasteiger partial charge in [-0.2, -0.15) is 0 Å². The van der Waals surface area contributed by atoms with E-state index in [1.165, 1.54) is 11.6 Å². The fourth-order valence-corrected chi connectivity index (χ4v) is 3.08. The summed E-state index contributed by atoms with van der Waals surface area (Å²) in [6, 6.07) is 14.5. The summed E-state index contributed by atoms with van der Waals surface area (Å²) < 4.78 is 14.7. The highest BCUT2D eigenvalue weighted by molar-refractivity contribution is 9.10. The van der Waals surface area contributed by atoms with Crippen molar-refractivity contribution < 1.29 is 9.18 Å². The third kappa shape index (κ3) is 3.55. The van der Waals surface area contributed by atoms with Gasteiger partial charge in [0.1, 0.15) is 5.82 Å². The molecule has 0 spiro atoms. The minimum Gasteiger partial charge on any atom is -0.350 e. The van der Waals surface area contributed by atoms with Crippen molar-refractivity contribution in [1.82, 2.24) is 5.32 Å². The fourth-order valence-electron chi connectivity index (χ4n) is 2.66. The van der Waals surface area contributed by atoms with E-state index in [0.29, 0.717) is 5.56 Å². The van der Waals surface area contributed by atoms with Crippen molar-refractivity contribution in [3.8, 4) is 0 Å². The van der Waals surface area contributed by atoms with E-state index in [1.807, 2.05) is 18.2 Å². The Morgan fingerprint density at radius 3 is 2.36 bits per heavy atom. The molecular weight excluding hydrogens is 345 g/mol. The molecule has 1 N–H and O–H groups in total. The molecule has 3 rings (SSSR count). The van der Waals surface area contributed by atoms with E-state index in [1.54, 1.807) is 18.2 Å². The molecule has 0 radical (unpaired) electrons. The minimum atomic E-state index is -0.326. The topological polar surface area (TPSA) is 29.1 Å². The number of benzene rings is 2. The molecule has 0 aromatic heterocycles. The number of halogens is 2. The summed E-state index contributed by atoms with van der Waals surface area (Å²) in [6.07, 6.45) is 2.83. The van der Waals surface area contributed by atoms with Crippen molar-refractivity contribution in [2.75, 3.05) is 0 Å². The van der Waals surface area contributed by atoms with Crippen molar-refractivity contribution in [3.05, 3.63) is 69.9 Å². The number of nitrogens with one attached hydrogen (secondary N) is 1. The molecule has 1 saturated carbocycles. The van der Waals surface area contributed by atoms with Crippen LogP contribution in [0.2, 0.25) is 0 Å². The van der Waals surface area contributed by atoms with E-state index >= 15 is 0 Å². The lowest BCUT2D eigenvalue weighted by Gasteiger charge is -2.18. The fraction of sp³-hybridized carbons (Fsp3) is 0.278. The summed E-state index contributed by atoms with van der Waals surface area (Å²) >= 11 is 3.54. The molecule has 1 aliphatic carbocycles. The second-order valence-corrected chi connectivity index (χ2v) is 6.72. The lowest BCUT2D eigenvalue weighted by molar-refractivity contribution is -0.121. The molecule has 2 nitrogen and oxygen atoms in total. The lowest BCUT2D eigenvalue weighted by atomic mass is 10.0. The van der Waals surface area contributed by atoms with Crippen molar-refractivity contribution in [2.45, 2.75) is 31.2 Å². The minimum absolute atomic E-state index is 0.0877. The zero-order valence-electron chi connectivity index (χ0n) is 12.1. The average Bonchev–Trinajstić information content (AvgIpc) is 3.23. The van der Waals surface area contributed by atoms with Crippen LogP contribution in [0.25, 0.3) is 0 Å². The summed E-state index contributed by atoms with van der Waals surface area (Å²) in [5, 5.41) is 3.09. The molecule has 2 aromatic rings. The van der Waals surface area contributed by atoms with Crippen LogP contribution < -0.4 is 5.32 Å². The van der Waals surface area contributed by atoms with Gasteiger partial charge in [0.25, 0.3) is 0 Å². The Hall–Kier alpha value is -1.68. The first-order valence-electron chi connectivity index (χ1n) is 7.36. The highest BCUT2D eigenvalue weighted by atomic mass is 79.9. The van der Waals surface area contributed by atoms with Gasteiger partial charge >= 0.3 is 0 Å². The maximum atomic E-state index is 13.6. The lowest BCUT2D eigenvalue weighted by Crippen LogP contribution is -2.39. The zero-order chi connectivity index (χ0) is 15.6. The molecule has 0 unspecified atom stereocenters. The molecule has 0 saturated heterocycles. The van der Waals surface area contributed by atoms with E-state index < -0.39 is 0 Å². The van der Waals surface area contributed by atoms with E-state index in [2.05, 4.69) is 27.3 Å². The zero-order valence-corrected chi connectivity index (χ0v) is 13.7. The largest absolute Gasteiger partial charge is 0.350 e. The summed E-state index contributed by atoms with van der Waals surface area (Å²) in [4.78, 5) is 12.2. The predicted octanol–water partition coefficient (Wildman–Crippen LogP) is 4.02. The van der Waals surface area contributed by atoms with Gasteiger partial charge in [-0.1, -0.05) is 52.3 Å². The maximum Gasteiger partial charge on any atom is 0.224 e. The Morgan fingerprint density at radius 2 is 1.73 bits per heavy atom. The maximum absolute atomic E-state index is 13.6. The van der Waals surface area contributed by atoms with Gasteiger partial charge in [0.2, 0.25) is 5.91 Å². The number of carbonyl (C=O) groups excluding carboxylic acids is 1. The molecule has 1 fully saturated rings. The van der Waals surface area contributed by atoms with E-state index in [4.69, 9.17) is 0 Å². The van der Waals surface area contributed by atoms with Crippen LogP contribution in [-0.2, 0) is 17.6 Å². The van der Waals surface area contributed by atoms with Gasteiger partial charge in [-0.3, -0.25) is 4.79 Å². The van der Waals surface area contributed by atoms with Crippen LogP contribution >= 0.6 is 15.9 Å². The number of carbonyl (C=O) groups is 1. The molecule has 22 heavy (non-hydrogen) atoms.